The Balaban J connectivity index is 1.24. The van der Waals surface area contributed by atoms with E-state index in [1.807, 2.05) is 41.4 Å². The highest BCUT2D eigenvalue weighted by molar-refractivity contribution is 7.93. The second-order valence-corrected chi connectivity index (χ2v) is 10.1. The van der Waals surface area contributed by atoms with Gasteiger partial charge >= 0.3 is 0 Å². The molecule has 0 bridgehead atoms. The fourth-order valence-corrected chi connectivity index (χ4v) is 5.57. The Morgan fingerprint density at radius 3 is 2.58 bits per heavy atom. The van der Waals surface area contributed by atoms with E-state index in [4.69, 9.17) is 9.47 Å². The molecule has 1 amide bonds. The van der Waals surface area contributed by atoms with Gasteiger partial charge in [-0.15, -0.1) is 0 Å². The summed E-state index contributed by atoms with van der Waals surface area (Å²) in [6, 6.07) is 16.4. The maximum atomic E-state index is 13.4. The first-order valence-electron chi connectivity index (χ1n) is 12.3. The summed E-state index contributed by atoms with van der Waals surface area (Å²) >= 11 is -1.55. The lowest BCUT2D eigenvalue weighted by atomic mass is 10.1. The Morgan fingerprint density at radius 2 is 1.79 bits per heavy atom. The third kappa shape index (κ3) is 5.52. The van der Waals surface area contributed by atoms with Gasteiger partial charge in [-0.3, -0.25) is 19.7 Å². The van der Waals surface area contributed by atoms with Crippen molar-refractivity contribution in [2.45, 2.75) is 11.4 Å². The van der Waals surface area contributed by atoms with Gasteiger partial charge in [-0.25, -0.2) is 4.72 Å². The van der Waals surface area contributed by atoms with Gasteiger partial charge in [0, 0.05) is 68.3 Å². The summed E-state index contributed by atoms with van der Waals surface area (Å²) < 4.78 is 27.1. The normalized spacial score (nSPS) is 14.8. The van der Waals surface area contributed by atoms with E-state index in [0.29, 0.717) is 47.0 Å². The van der Waals surface area contributed by atoms with E-state index in [2.05, 4.69) is 19.6 Å². The molecular weight excluding hydrogens is 502 g/mol. The lowest BCUT2D eigenvalue weighted by Crippen LogP contribution is -2.48. The highest BCUT2D eigenvalue weighted by Gasteiger charge is 2.26. The van der Waals surface area contributed by atoms with Crippen LogP contribution in [0.25, 0.3) is 10.9 Å². The summed E-state index contributed by atoms with van der Waals surface area (Å²) in [5.41, 5.74) is 2.76. The van der Waals surface area contributed by atoms with Gasteiger partial charge in [-0.2, -0.15) is 0 Å². The van der Waals surface area contributed by atoms with E-state index in [1.165, 1.54) is 7.11 Å². The lowest BCUT2D eigenvalue weighted by Gasteiger charge is -2.35. The predicted molar refractivity (Wildman–Crippen MR) is 147 cm³/mol. The van der Waals surface area contributed by atoms with Crippen LogP contribution in [0.4, 0.5) is 5.69 Å². The molecular formula is C28H29N5O4S. The summed E-state index contributed by atoms with van der Waals surface area (Å²) in [5, 5.41) is 0.915. The van der Waals surface area contributed by atoms with Gasteiger partial charge in [0.15, 0.2) is 0 Å². The van der Waals surface area contributed by atoms with Gasteiger partial charge in [0.05, 0.1) is 25.5 Å². The first-order chi connectivity index (χ1) is 18.6. The summed E-state index contributed by atoms with van der Waals surface area (Å²) in [6.07, 6.45) is 5.22. The van der Waals surface area contributed by atoms with E-state index in [9.17, 15) is 9.35 Å². The van der Waals surface area contributed by atoms with Crippen LogP contribution < -0.4 is 14.2 Å². The Hall–Kier alpha value is -3.86. The molecule has 1 saturated heterocycles. The molecule has 3 heterocycles. The van der Waals surface area contributed by atoms with Crippen molar-refractivity contribution in [2.24, 2.45) is 0 Å². The van der Waals surface area contributed by atoms with Crippen molar-refractivity contribution < 1.29 is 18.8 Å². The third-order valence-electron chi connectivity index (χ3n) is 6.57. The number of nitrogens with one attached hydrogen (secondary N) is 1. The summed E-state index contributed by atoms with van der Waals surface area (Å²) in [7, 11) is 3.18. The van der Waals surface area contributed by atoms with Crippen LogP contribution in [0.3, 0.4) is 0 Å². The van der Waals surface area contributed by atoms with Crippen molar-refractivity contribution in [3.05, 3.63) is 84.3 Å². The fourth-order valence-electron chi connectivity index (χ4n) is 4.57. The Labute approximate surface area is 224 Å². The molecule has 0 spiro atoms. The van der Waals surface area contributed by atoms with Gasteiger partial charge in [-0.05, 0) is 30.3 Å². The van der Waals surface area contributed by atoms with Gasteiger partial charge in [0.25, 0.3) is 5.91 Å². The molecule has 0 saturated carbocycles. The molecule has 4 aromatic rings. The van der Waals surface area contributed by atoms with Crippen LogP contribution in [-0.4, -0.2) is 70.6 Å². The van der Waals surface area contributed by atoms with Crippen molar-refractivity contribution >= 4 is 33.9 Å². The lowest BCUT2D eigenvalue weighted by molar-refractivity contribution is 0.0624. The molecule has 2 aromatic heterocycles. The molecule has 196 valence electrons. The second kappa shape index (κ2) is 11.7. The standard InChI is InChI=1S/C28H29N5O4S/c1-36-24-10-12-29-18-21(24)19-32-13-15-33(16-14-32)28(34)23-9-8-22(17-25(23)37-2)31-38(35)26-7-3-5-20-6-4-11-30-27(20)26/h3-12,17-18,31H,13-16,19H2,1-2H3. The highest BCUT2D eigenvalue weighted by atomic mass is 32.2. The predicted octanol–water partition coefficient (Wildman–Crippen LogP) is 3.74. The molecule has 2 aromatic carbocycles. The van der Waals surface area contributed by atoms with E-state index in [1.54, 1.807) is 43.8 Å². The average Bonchev–Trinajstić information content (AvgIpc) is 2.97. The van der Waals surface area contributed by atoms with Crippen LogP contribution in [0.2, 0.25) is 0 Å². The zero-order valence-corrected chi connectivity index (χ0v) is 22.1. The van der Waals surface area contributed by atoms with Crippen molar-refractivity contribution in [1.29, 1.82) is 0 Å². The molecule has 1 fully saturated rings. The number of hydrogen-bond donors (Lipinski definition) is 1. The van der Waals surface area contributed by atoms with Crippen LogP contribution >= 0.6 is 0 Å². The summed E-state index contributed by atoms with van der Waals surface area (Å²) in [6.45, 7) is 3.39. The number of fused-ring (bicyclic) bond motifs is 1. The summed E-state index contributed by atoms with van der Waals surface area (Å²) in [4.78, 5) is 26.6. The number of methoxy groups -OCH3 is 2. The minimum absolute atomic E-state index is 0.0913. The molecule has 1 N–H and O–H groups in total. The van der Waals surface area contributed by atoms with Crippen LogP contribution in [-0.2, 0) is 17.9 Å². The first kappa shape index (κ1) is 25.8. The number of carbonyl (C=O) groups is 1. The molecule has 0 aliphatic carbocycles. The quantitative estimate of drug-likeness (QED) is 0.343. The number of hydrogen-bond acceptors (Lipinski definition) is 8. The van der Waals surface area contributed by atoms with Gasteiger partial charge in [0.2, 0.25) is 4.90 Å². The number of aromatic nitrogens is 2. The fraction of sp³-hybridized carbons (Fsp3) is 0.250. The average molecular weight is 532 g/mol. The van der Waals surface area contributed by atoms with E-state index >= 15 is 0 Å². The SMILES string of the molecule is COc1ccncc1CN1CCN(C(=O)c2ccc(N[S+]([O-])c3cccc4cccnc34)cc2OC)CC1. The van der Waals surface area contributed by atoms with Crippen molar-refractivity contribution in [3.8, 4) is 11.5 Å². The Bertz CT molecular complexity index is 1420. The molecule has 5 rings (SSSR count). The zero-order chi connectivity index (χ0) is 26.5. The van der Waals surface area contributed by atoms with Crippen molar-refractivity contribution in [3.63, 3.8) is 0 Å². The molecule has 1 aliphatic heterocycles. The minimum atomic E-state index is -1.55. The number of nitrogens with zero attached hydrogens (tertiary/aromatic N) is 4. The smallest absolute Gasteiger partial charge is 0.257 e. The highest BCUT2D eigenvalue weighted by Crippen LogP contribution is 2.28. The van der Waals surface area contributed by atoms with E-state index in [-0.39, 0.29) is 5.91 Å². The molecule has 1 atom stereocenters. The van der Waals surface area contributed by atoms with E-state index in [0.717, 1.165) is 29.8 Å². The molecule has 1 aliphatic rings. The van der Waals surface area contributed by atoms with Crippen molar-refractivity contribution in [1.82, 2.24) is 19.8 Å². The van der Waals surface area contributed by atoms with Gasteiger partial charge in [0.1, 0.15) is 28.4 Å². The number of anilines is 1. The van der Waals surface area contributed by atoms with Gasteiger partial charge < -0.3 is 18.9 Å². The minimum Gasteiger partial charge on any atom is -0.588 e. The maximum Gasteiger partial charge on any atom is 0.257 e. The number of benzene rings is 2. The third-order valence-corrected chi connectivity index (χ3v) is 7.72. The Morgan fingerprint density at radius 1 is 1.00 bits per heavy atom. The van der Waals surface area contributed by atoms with Crippen LogP contribution in [0.15, 0.2) is 78.1 Å². The number of para-hydroxylation sites is 1. The number of rotatable bonds is 8. The van der Waals surface area contributed by atoms with E-state index < -0.39 is 11.4 Å². The van der Waals surface area contributed by atoms with Gasteiger partial charge in [-0.1, -0.05) is 18.2 Å². The molecule has 38 heavy (non-hydrogen) atoms. The van der Waals surface area contributed by atoms with Crippen molar-refractivity contribution in [2.75, 3.05) is 45.1 Å². The molecule has 9 nitrogen and oxygen atoms in total. The molecule has 0 radical (unpaired) electrons. The number of piperazine rings is 1. The molecule has 1 unspecified atom stereocenters. The zero-order valence-electron chi connectivity index (χ0n) is 21.3. The topological polar surface area (TPSA) is 103 Å². The largest absolute Gasteiger partial charge is 0.588 e. The monoisotopic (exact) mass is 531 g/mol. The number of amides is 1. The Kier molecular flexibility index (Phi) is 7.92. The number of ether oxygens (including phenoxy) is 2. The number of pyridine rings is 2. The van der Waals surface area contributed by atoms with Crippen LogP contribution in [0.5, 0.6) is 11.5 Å². The second-order valence-electron chi connectivity index (χ2n) is 8.87. The summed E-state index contributed by atoms with van der Waals surface area (Å²) in [5.74, 6) is 1.15. The maximum absolute atomic E-state index is 13.4. The number of carbonyl (C=O) groups excluding carboxylic acids is 1. The molecule has 10 heteroatoms. The first-order valence-corrected chi connectivity index (χ1v) is 13.4. The van der Waals surface area contributed by atoms with Crippen LogP contribution in [0, 0.1) is 0 Å². The van der Waals surface area contributed by atoms with Crippen LogP contribution in [0.1, 0.15) is 15.9 Å².